The molecule has 0 bridgehead atoms. The Morgan fingerprint density at radius 3 is 2.32 bits per heavy atom. The highest BCUT2D eigenvalue weighted by atomic mass is 19.4. The smallest absolute Gasteiger partial charge is 0.380 e. The lowest BCUT2D eigenvalue weighted by Gasteiger charge is -2.14. The topological polar surface area (TPSA) is 84.3 Å². The van der Waals surface area contributed by atoms with Crippen molar-refractivity contribution < 1.29 is 22.9 Å². The van der Waals surface area contributed by atoms with Gasteiger partial charge in [-0.2, -0.15) is 13.2 Å². The minimum Gasteiger partial charge on any atom is -0.380 e. The van der Waals surface area contributed by atoms with E-state index in [9.17, 15) is 28.1 Å². The molecule has 0 unspecified atom stereocenters. The Morgan fingerprint density at radius 1 is 1.16 bits per heavy atom. The number of anilines is 1. The van der Waals surface area contributed by atoms with Crippen LogP contribution in [0.25, 0.3) is 0 Å². The first-order valence-corrected chi connectivity index (χ1v) is 7.13. The second-order valence-corrected chi connectivity index (χ2v) is 5.11. The quantitative estimate of drug-likeness (QED) is 0.636. The number of alkyl halides is 3. The van der Waals surface area contributed by atoms with Crippen molar-refractivity contribution in [2.24, 2.45) is 0 Å². The number of non-ortho nitro benzene ring substituents is 1. The van der Waals surface area contributed by atoms with E-state index >= 15 is 0 Å². The Balaban J connectivity index is 2.20. The number of nitrogens with zero attached hydrogens (tertiary/aromatic N) is 1. The molecule has 0 aliphatic carbocycles. The molecule has 0 aliphatic rings. The van der Waals surface area contributed by atoms with E-state index in [0.29, 0.717) is 17.2 Å². The van der Waals surface area contributed by atoms with Gasteiger partial charge in [0, 0.05) is 37.0 Å². The largest absolute Gasteiger partial charge is 0.418 e. The number of hydrogen-bond acceptors (Lipinski definition) is 4. The van der Waals surface area contributed by atoms with Gasteiger partial charge in [-0.05, 0) is 23.8 Å². The summed E-state index contributed by atoms with van der Waals surface area (Å²) in [5, 5.41) is 15.8. The van der Waals surface area contributed by atoms with Crippen LogP contribution in [-0.2, 0) is 12.7 Å². The van der Waals surface area contributed by atoms with Gasteiger partial charge in [0.1, 0.15) is 0 Å². The van der Waals surface area contributed by atoms with Crippen LogP contribution in [0.3, 0.4) is 0 Å². The third-order valence-electron chi connectivity index (χ3n) is 3.45. The van der Waals surface area contributed by atoms with Crippen LogP contribution in [0, 0.1) is 10.1 Å². The number of benzene rings is 2. The van der Waals surface area contributed by atoms with Crippen LogP contribution in [0.5, 0.6) is 0 Å². The first kappa shape index (κ1) is 18.2. The second-order valence-electron chi connectivity index (χ2n) is 5.11. The molecule has 2 N–H and O–H groups in total. The van der Waals surface area contributed by atoms with Crippen LogP contribution < -0.4 is 10.6 Å². The van der Waals surface area contributed by atoms with E-state index in [2.05, 4.69) is 10.6 Å². The molecule has 0 atom stereocenters. The molecule has 132 valence electrons. The van der Waals surface area contributed by atoms with Crippen molar-refractivity contribution in [2.75, 3.05) is 12.4 Å². The van der Waals surface area contributed by atoms with Crippen LogP contribution in [0.15, 0.2) is 42.5 Å². The fourth-order valence-electron chi connectivity index (χ4n) is 2.15. The number of amides is 1. The van der Waals surface area contributed by atoms with Crippen molar-refractivity contribution in [3.8, 4) is 0 Å². The summed E-state index contributed by atoms with van der Waals surface area (Å²) in [5.74, 6) is -0.269. The molecule has 0 aliphatic heterocycles. The minimum atomic E-state index is -4.72. The van der Waals surface area contributed by atoms with E-state index in [1.807, 2.05) is 0 Å². The van der Waals surface area contributed by atoms with Gasteiger partial charge in [0.05, 0.1) is 10.5 Å². The van der Waals surface area contributed by atoms with Crippen LogP contribution in [0.1, 0.15) is 21.5 Å². The molecule has 6 nitrogen and oxygen atoms in total. The van der Waals surface area contributed by atoms with Gasteiger partial charge in [-0.25, -0.2) is 0 Å². The van der Waals surface area contributed by atoms with Crippen molar-refractivity contribution in [3.05, 3.63) is 69.3 Å². The number of nitro groups is 1. The van der Waals surface area contributed by atoms with Crippen LogP contribution in [-0.4, -0.2) is 17.9 Å². The summed E-state index contributed by atoms with van der Waals surface area (Å²) in [6.07, 6.45) is -4.72. The monoisotopic (exact) mass is 353 g/mol. The fourth-order valence-corrected chi connectivity index (χ4v) is 2.15. The predicted molar refractivity (Wildman–Crippen MR) is 85.3 cm³/mol. The first-order chi connectivity index (χ1) is 11.7. The first-order valence-electron chi connectivity index (χ1n) is 7.13. The molecule has 1 amide bonds. The molecule has 0 spiro atoms. The van der Waals surface area contributed by atoms with E-state index < -0.39 is 22.4 Å². The summed E-state index contributed by atoms with van der Waals surface area (Å²) in [4.78, 5) is 21.2. The SMILES string of the molecule is CNC(=O)c1ccc(CNc2ccc([N+](=O)[O-])cc2C(F)(F)F)cc1. The molecule has 0 fully saturated rings. The van der Waals surface area contributed by atoms with Crippen molar-refractivity contribution in [1.29, 1.82) is 0 Å². The summed E-state index contributed by atoms with van der Waals surface area (Å²) in [6, 6.07) is 8.85. The van der Waals surface area contributed by atoms with Crippen LogP contribution in [0.4, 0.5) is 24.5 Å². The average Bonchev–Trinajstić information content (AvgIpc) is 2.58. The molecule has 2 rings (SSSR count). The zero-order valence-electron chi connectivity index (χ0n) is 13.1. The molecular formula is C16H14F3N3O3. The standard InChI is InChI=1S/C16H14F3N3O3/c1-20-15(23)11-4-2-10(3-5-11)9-21-14-7-6-12(22(24)25)8-13(14)16(17,18)19/h2-8,21H,9H2,1H3,(H,20,23). The van der Waals surface area contributed by atoms with E-state index in [1.54, 1.807) is 24.3 Å². The van der Waals surface area contributed by atoms with Crippen molar-refractivity contribution in [3.63, 3.8) is 0 Å². The minimum absolute atomic E-state index is 0.0644. The van der Waals surface area contributed by atoms with Gasteiger partial charge in [0.25, 0.3) is 11.6 Å². The van der Waals surface area contributed by atoms with Crippen molar-refractivity contribution in [1.82, 2.24) is 5.32 Å². The molecule has 0 saturated carbocycles. The second kappa shape index (κ2) is 7.20. The molecule has 0 radical (unpaired) electrons. The van der Waals surface area contributed by atoms with E-state index in [-0.39, 0.29) is 18.1 Å². The lowest BCUT2D eigenvalue weighted by molar-refractivity contribution is -0.385. The Labute approximate surface area is 140 Å². The molecule has 9 heteroatoms. The zero-order valence-corrected chi connectivity index (χ0v) is 13.1. The van der Waals surface area contributed by atoms with Gasteiger partial charge in [-0.3, -0.25) is 14.9 Å². The maximum absolute atomic E-state index is 13.1. The number of nitro benzene ring substituents is 1. The summed E-state index contributed by atoms with van der Waals surface area (Å²) < 4.78 is 39.3. The number of carbonyl (C=O) groups is 1. The maximum Gasteiger partial charge on any atom is 0.418 e. The average molecular weight is 353 g/mol. The van der Waals surface area contributed by atoms with Gasteiger partial charge in [0.15, 0.2) is 0 Å². The Bertz CT molecular complexity index is 789. The van der Waals surface area contributed by atoms with Crippen LogP contribution in [0.2, 0.25) is 0 Å². The van der Waals surface area contributed by atoms with Gasteiger partial charge < -0.3 is 10.6 Å². The Hall–Kier alpha value is -3.10. The summed E-state index contributed by atoms with van der Waals surface area (Å²) >= 11 is 0. The van der Waals surface area contributed by atoms with Crippen molar-refractivity contribution >= 4 is 17.3 Å². The van der Waals surface area contributed by atoms with Gasteiger partial charge in [-0.15, -0.1) is 0 Å². The highest BCUT2D eigenvalue weighted by molar-refractivity contribution is 5.93. The molecule has 2 aromatic carbocycles. The van der Waals surface area contributed by atoms with E-state index in [0.717, 1.165) is 12.1 Å². The molecule has 0 saturated heterocycles. The molecule has 0 heterocycles. The number of hydrogen-bond donors (Lipinski definition) is 2. The lowest BCUT2D eigenvalue weighted by atomic mass is 10.1. The molecule has 25 heavy (non-hydrogen) atoms. The zero-order chi connectivity index (χ0) is 18.6. The molecule has 0 aromatic heterocycles. The summed E-state index contributed by atoms with van der Waals surface area (Å²) in [7, 11) is 1.49. The number of halogens is 3. The number of carbonyl (C=O) groups excluding carboxylic acids is 1. The van der Waals surface area contributed by atoms with Gasteiger partial charge in [-0.1, -0.05) is 12.1 Å². The summed E-state index contributed by atoms with van der Waals surface area (Å²) in [5.41, 5.74) is -0.915. The highest BCUT2D eigenvalue weighted by Crippen LogP contribution is 2.37. The molecular weight excluding hydrogens is 339 g/mol. The summed E-state index contributed by atoms with van der Waals surface area (Å²) in [6.45, 7) is 0.0644. The molecule has 2 aromatic rings. The maximum atomic E-state index is 13.1. The fraction of sp³-hybridized carbons (Fsp3) is 0.188. The third kappa shape index (κ3) is 4.46. The van der Waals surface area contributed by atoms with Gasteiger partial charge in [0.2, 0.25) is 0 Å². The lowest BCUT2D eigenvalue weighted by Crippen LogP contribution is -2.17. The Morgan fingerprint density at radius 2 is 1.80 bits per heavy atom. The van der Waals surface area contributed by atoms with Gasteiger partial charge >= 0.3 is 6.18 Å². The third-order valence-corrected chi connectivity index (χ3v) is 3.45. The Kier molecular flexibility index (Phi) is 5.26. The number of rotatable bonds is 5. The predicted octanol–water partition coefficient (Wildman–Crippen LogP) is 3.59. The van der Waals surface area contributed by atoms with E-state index in [4.69, 9.17) is 0 Å². The van der Waals surface area contributed by atoms with Crippen LogP contribution >= 0.6 is 0 Å². The highest BCUT2D eigenvalue weighted by Gasteiger charge is 2.35. The number of nitrogens with one attached hydrogen (secondary N) is 2. The van der Waals surface area contributed by atoms with Crippen molar-refractivity contribution in [2.45, 2.75) is 12.7 Å². The normalized spacial score (nSPS) is 11.0. The van der Waals surface area contributed by atoms with E-state index in [1.165, 1.54) is 7.05 Å².